The lowest BCUT2D eigenvalue weighted by Crippen LogP contribution is -2.43. The van der Waals surface area contributed by atoms with Crippen molar-refractivity contribution in [2.24, 2.45) is 0 Å². The Kier molecular flexibility index (Phi) is 34.7. The Balaban J connectivity index is 0.000000157. The number of rotatable bonds is 0. The number of fused-ring (bicyclic) bond motifs is 4. The highest BCUT2D eigenvalue weighted by Gasteiger charge is 2.38. The molecular formula is C72H123N13O3. The maximum absolute atomic E-state index is 5.58. The number of para-hydroxylation sites is 2. The van der Waals surface area contributed by atoms with Crippen LogP contribution in [-0.4, -0.2) is 273 Å². The first-order valence-electron chi connectivity index (χ1n) is 34.1. The first-order chi connectivity index (χ1) is 42.8. The number of benzene rings is 3. The molecule has 0 bridgehead atoms. The molecule has 1 aromatic heterocycles. The number of nitrogens with one attached hydrogen (secondary N) is 2. The molecule has 0 amide bonds. The lowest BCUT2D eigenvalue weighted by Gasteiger charge is -2.35. The van der Waals surface area contributed by atoms with Gasteiger partial charge in [0.25, 0.3) is 0 Å². The van der Waals surface area contributed by atoms with Crippen LogP contribution in [0.5, 0.6) is 0 Å². The number of likely N-dealkylation sites (N-methyl/N-ethyl adjacent to an activating group) is 6. The van der Waals surface area contributed by atoms with Crippen LogP contribution in [0.1, 0.15) is 85.6 Å². The first kappa shape index (κ1) is 72.8. The van der Waals surface area contributed by atoms with Gasteiger partial charge in [0, 0.05) is 150 Å². The van der Waals surface area contributed by atoms with Gasteiger partial charge in [-0.15, -0.1) is 0 Å². The van der Waals surface area contributed by atoms with Crippen molar-refractivity contribution in [2.45, 2.75) is 95.8 Å². The van der Waals surface area contributed by atoms with Crippen LogP contribution >= 0.6 is 0 Å². The monoisotopic (exact) mass is 1220 g/mol. The predicted octanol–water partition coefficient (Wildman–Crippen LogP) is 8.15. The number of piperazine rings is 1. The van der Waals surface area contributed by atoms with Crippen LogP contribution in [0.25, 0.3) is 0 Å². The Morgan fingerprint density at radius 2 is 0.784 bits per heavy atom. The van der Waals surface area contributed by atoms with Gasteiger partial charge in [-0.1, -0.05) is 73.2 Å². The summed E-state index contributed by atoms with van der Waals surface area (Å²) in [5.74, 6) is 0.967. The molecule has 16 nitrogen and oxygen atoms in total. The normalized spacial score (nSPS) is 21.8. The molecule has 0 saturated carbocycles. The van der Waals surface area contributed by atoms with E-state index in [1.165, 1.54) is 182 Å². The molecule has 11 aliphatic heterocycles. The summed E-state index contributed by atoms with van der Waals surface area (Å²) in [6.45, 7) is 28.5. The number of pyridine rings is 1. The molecule has 4 aromatic rings. The zero-order chi connectivity index (χ0) is 62.6. The van der Waals surface area contributed by atoms with E-state index in [1.54, 1.807) is 0 Å². The number of aromatic nitrogens is 1. The maximum atomic E-state index is 5.58. The Morgan fingerprint density at radius 1 is 0.341 bits per heavy atom. The van der Waals surface area contributed by atoms with Crippen LogP contribution < -0.4 is 25.3 Å². The predicted molar refractivity (Wildman–Crippen MR) is 372 cm³/mol. The van der Waals surface area contributed by atoms with Gasteiger partial charge in [-0.05, 0) is 199 Å². The zero-order valence-electron chi connectivity index (χ0n) is 57.2. The van der Waals surface area contributed by atoms with E-state index in [-0.39, 0.29) is 5.79 Å². The molecule has 11 aliphatic rings. The quantitative estimate of drug-likeness (QED) is 0.177. The number of nitrogens with zero attached hydrogens (tertiary/aromatic N) is 11. The second-order valence-corrected chi connectivity index (χ2v) is 26.0. The van der Waals surface area contributed by atoms with Crippen LogP contribution in [-0.2, 0) is 46.4 Å². The van der Waals surface area contributed by atoms with Crippen LogP contribution in [0.15, 0.2) is 91.1 Å². The summed E-state index contributed by atoms with van der Waals surface area (Å²) >= 11 is 0. The fourth-order valence-corrected chi connectivity index (χ4v) is 12.3. The molecule has 1 spiro atoms. The van der Waals surface area contributed by atoms with Gasteiger partial charge in [-0.3, -0.25) is 0 Å². The van der Waals surface area contributed by atoms with Crippen molar-refractivity contribution in [3.8, 4) is 0 Å². The number of piperidine rings is 2. The minimum Gasteiger partial charge on any atom is -0.379 e. The van der Waals surface area contributed by atoms with Gasteiger partial charge in [-0.2, -0.15) is 0 Å². The van der Waals surface area contributed by atoms with Crippen molar-refractivity contribution >= 4 is 17.2 Å². The number of hydrogen-bond donors (Lipinski definition) is 2. The van der Waals surface area contributed by atoms with Gasteiger partial charge >= 0.3 is 0 Å². The molecule has 15 rings (SSSR count). The van der Waals surface area contributed by atoms with Gasteiger partial charge < -0.3 is 73.8 Å². The summed E-state index contributed by atoms with van der Waals surface area (Å²) in [5, 5.41) is 6.61. The number of aryl methyl sites for hydroxylation is 1. The maximum Gasteiger partial charge on any atom is 0.170 e. The molecule has 2 N–H and O–H groups in total. The van der Waals surface area contributed by atoms with Crippen molar-refractivity contribution in [3.05, 3.63) is 119 Å². The van der Waals surface area contributed by atoms with E-state index in [0.717, 1.165) is 110 Å². The first-order valence-corrected chi connectivity index (χ1v) is 34.1. The third kappa shape index (κ3) is 28.1. The molecule has 16 heteroatoms. The average molecular weight is 1220 g/mol. The third-order valence-corrected chi connectivity index (χ3v) is 18.3. The summed E-state index contributed by atoms with van der Waals surface area (Å²) in [6.07, 6.45) is 18.4. The Bertz CT molecular complexity index is 2310. The number of hydrogen-bond acceptors (Lipinski definition) is 16. The highest BCUT2D eigenvalue weighted by Crippen LogP contribution is 2.31. The average Bonchev–Trinajstić information content (AvgIpc) is 4.55. The van der Waals surface area contributed by atoms with Gasteiger partial charge in [0.2, 0.25) is 0 Å². The van der Waals surface area contributed by atoms with E-state index in [0.29, 0.717) is 0 Å². The van der Waals surface area contributed by atoms with Crippen molar-refractivity contribution < 1.29 is 14.2 Å². The van der Waals surface area contributed by atoms with Gasteiger partial charge in [-0.25, -0.2) is 4.98 Å². The second kappa shape index (κ2) is 42.0. The molecule has 88 heavy (non-hydrogen) atoms. The Hall–Kier alpha value is -4.27. The second-order valence-electron chi connectivity index (χ2n) is 26.0. The Labute approximate surface area is 536 Å². The van der Waals surface area contributed by atoms with Crippen LogP contribution in [0.3, 0.4) is 0 Å². The molecule has 0 atom stereocenters. The van der Waals surface area contributed by atoms with E-state index in [4.69, 9.17) is 14.2 Å². The molecule has 12 heterocycles. The van der Waals surface area contributed by atoms with Gasteiger partial charge in [0.1, 0.15) is 5.82 Å². The van der Waals surface area contributed by atoms with Crippen molar-refractivity contribution in [2.75, 3.05) is 242 Å². The van der Waals surface area contributed by atoms with Crippen molar-refractivity contribution in [1.29, 1.82) is 0 Å². The lowest BCUT2D eigenvalue weighted by atomic mass is 10.0. The number of anilines is 3. The fraction of sp³-hybridized carbons (Fsp3) is 0.681. The standard InChI is InChI=1S/2C10H13N.C9H11N.C8H10N2.C8H15NO2.C6H14N2.C6H13N.C5H12N2.C5H11NO.C5H11N/c1-11-8-4-6-9-5-2-3-7-10(9)11;1-11-7-6-9-4-2-3-5-10(9)8-11;1-10-7-6-8-4-2-3-5-9(8)10;1-10-6-4-7-3-2-5-9-8(7)10;1-9-4-2-8(3-5-9)10-6-7-11-8;1-8-5-2-3-7-4-6-8;1-7-5-3-2-4-6-7;1-7-4-2-6-3-5-7;1-6-2-4-7-5-3-6;1-6-4-2-3-5-6/h2-3,5,7H,4,6,8H2,1H3;2-5H,6-8H2,1H3;2-5H,6-7H2,1H3;2-3,5H,4,6H2,1H3;2-7H2,1H3;7H,2-6H2,1H3;2-6H2,1H3;6H,2-5H2,1H3;2-5H2,1H3;2-5H2,1H3. The molecule has 7 saturated heterocycles. The SMILES string of the molecule is CN1CCC2(CC1)OCCO2.CN1CCCC1.CN1CCCCC1.CN1CCCNCC1.CN1CCCc2ccccc21.CN1CCNCC1.CN1CCOCC1.CN1CCc2ccccc21.CN1CCc2ccccc2C1.CN1CCc2cccnc21. The largest absolute Gasteiger partial charge is 0.379 e. The summed E-state index contributed by atoms with van der Waals surface area (Å²) in [4.78, 5) is 27.5. The summed E-state index contributed by atoms with van der Waals surface area (Å²) < 4.78 is 16.3. The van der Waals surface area contributed by atoms with Crippen LogP contribution in [0.2, 0.25) is 0 Å². The zero-order valence-corrected chi connectivity index (χ0v) is 57.2. The van der Waals surface area contributed by atoms with E-state index in [2.05, 4.69) is 214 Å². The van der Waals surface area contributed by atoms with Gasteiger partial charge in [0.05, 0.1) is 26.4 Å². The topological polar surface area (TPSA) is 97.0 Å². The van der Waals surface area contributed by atoms with E-state index >= 15 is 0 Å². The Morgan fingerprint density at radius 3 is 1.32 bits per heavy atom. The van der Waals surface area contributed by atoms with E-state index in [1.807, 2.05) is 12.3 Å². The lowest BCUT2D eigenvalue weighted by molar-refractivity contribution is -0.183. The minimum atomic E-state index is -0.188. The molecule has 0 radical (unpaired) electrons. The molecular weight excluding hydrogens is 1090 g/mol. The highest BCUT2D eigenvalue weighted by molar-refractivity contribution is 5.57. The molecule has 0 unspecified atom stereocenters. The third-order valence-electron chi connectivity index (χ3n) is 18.3. The van der Waals surface area contributed by atoms with E-state index < -0.39 is 0 Å². The van der Waals surface area contributed by atoms with Crippen LogP contribution in [0, 0.1) is 0 Å². The molecule has 0 aliphatic carbocycles. The minimum absolute atomic E-state index is 0.188. The van der Waals surface area contributed by atoms with Gasteiger partial charge in [0.15, 0.2) is 5.79 Å². The van der Waals surface area contributed by atoms with Crippen molar-refractivity contribution in [1.82, 2.24) is 49.9 Å². The number of morpholine rings is 1. The fourth-order valence-electron chi connectivity index (χ4n) is 12.3. The van der Waals surface area contributed by atoms with Crippen LogP contribution in [0.4, 0.5) is 17.2 Å². The van der Waals surface area contributed by atoms with E-state index in [9.17, 15) is 0 Å². The van der Waals surface area contributed by atoms with Crippen molar-refractivity contribution in [3.63, 3.8) is 0 Å². The molecule has 3 aromatic carbocycles. The highest BCUT2D eigenvalue weighted by atomic mass is 16.7. The number of ether oxygens (including phenoxy) is 3. The smallest absolute Gasteiger partial charge is 0.170 e. The summed E-state index contributed by atoms with van der Waals surface area (Å²) in [6, 6.07) is 30.1. The molecule has 494 valence electrons. The summed E-state index contributed by atoms with van der Waals surface area (Å²) in [5.41, 5.74) is 10.2. The number of likely N-dealkylation sites (tertiary alicyclic amines) is 3. The molecule has 7 fully saturated rings. The summed E-state index contributed by atoms with van der Waals surface area (Å²) in [7, 11) is 21.5.